The fourth-order valence-electron chi connectivity index (χ4n) is 2.44. The van der Waals surface area contributed by atoms with E-state index in [1.807, 2.05) is 0 Å². The first-order chi connectivity index (χ1) is 6.74. The highest BCUT2D eigenvalue weighted by atomic mass is 16.5. The molecule has 0 amide bonds. The average Bonchev–Trinajstić information content (AvgIpc) is 2.67. The topological polar surface area (TPSA) is 9.23 Å². The molecule has 0 saturated heterocycles. The molecule has 1 nitrogen and oxygen atoms in total. The van der Waals surface area contributed by atoms with Gasteiger partial charge in [0.25, 0.3) is 0 Å². The van der Waals surface area contributed by atoms with E-state index in [9.17, 15) is 0 Å². The minimum atomic E-state index is 0.423. The molecule has 0 heterocycles. The predicted octanol–water partition coefficient (Wildman–Crippen LogP) is 3.53. The second-order valence-corrected chi connectivity index (χ2v) is 4.50. The number of methoxy groups -OCH3 is 1. The van der Waals surface area contributed by atoms with Crippen LogP contribution >= 0.6 is 0 Å². The summed E-state index contributed by atoms with van der Waals surface area (Å²) in [5.41, 5.74) is 1.89. The van der Waals surface area contributed by atoms with E-state index in [0.29, 0.717) is 5.41 Å². The number of benzene rings is 1. The molecule has 1 saturated carbocycles. The van der Waals surface area contributed by atoms with Crippen molar-refractivity contribution in [1.82, 2.24) is 0 Å². The lowest BCUT2D eigenvalue weighted by Crippen LogP contribution is -2.16. The summed E-state index contributed by atoms with van der Waals surface area (Å²) in [7, 11) is 1.71. The van der Waals surface area contributed by atoms with Crippen LogP contribution in [0, 0.1) is 0 Å². The molecule has 14 heavy (non-hydrogen) atoms. The second-order valence-electron chi connectivity index (χ2n) is 4.50. The molecule has 1 aliphatic rings. The highest BCUT2D eigenvalue weighted by Crippen LogP contribution is 2.40. The van der Waals surface area contributed by atoms with Crippen LogP contribution in [0.4, 0.5) is 0 Å². The quantitative estimate of drug-likeness (QED) is 0.693. The van der Waals surface area contributed by atoms with Gasteiger partial charge in [-0.25, -0.2) is 0 Å². The maximum atomic E-state index is 5.16. The maximum Gasteiger partial charge on any atom is 0.118 e. The molecule has 76 valence electrons. The fourth-order valence-corrected chi connectivity index (χ4v) is 2.44. The lowest BCUT2D eigenvalue weighted by molar-refractivity contribution is 0.413. The first kappa shape index (κ1) is 9.57. The maximum absolute atomic E-state index is 5.16. The van der Waals surface area contributed by atoms with Crippen LogP contribution < -0.4 is 4.74 Å². The summed E-state index contributed by atoms with van der Waals surface area (Å²) in [6, 6.07) is 8.56. The van der Waals surface area contributed by atoms with Crippen molar-refractivity contribution in [3.05, 3.63) is 29.8 Å². The van der Waals surface area contributed by atoms with Gasteiger partial charge in [-0.05, 0) is 36.0 Å². The second kappa shape index (κ2) is 3.64. The van der Waals surface area contributed by atoms with Gasteiger partial charge in [0.2, 0.25) is 0 Å². The van der Waals surface area contributed by atoms with Crippen molar-refractivity contribution in [3.8, 4) is 5.75 Å². The van der Waals surface area contributed by atoms with Crippen LogP contribution in [-0.4, -0.2) is 7.11 Å². The number of hydrogen-bond acceptors (Lipinski definition) is 1. The van der Waals surface area contributed by atoms with E-state index in [1.165, 1.54) is 31.2 Å². The molecule has 1 heteroatoms. The SMILES string of the molecule is COc1ccc(C2(C)CCCC2)cc1. The van der Waals surface area contributed by atoms with Gasteiger partial charge in [0.1, 0.15) is 5.75 Å². The average molecular weight is 190 g/mol. The largest absolute Gasteiger partial charge is 0.497 e. The van der Waals surface area contributed by atoms with Gasteiger partial charge in [-0.15, -0.1) is 0 Å². The van der Waals surface area contributed by atoms with Crippen molar-refractivity contribution in [1.29, 1.82) is 0 Å². The molecule has 1 aromatic carbocycles. The Morgan fingerprint density at radius 2 is 1.64 bits per heavy atom. The van der Waals surface area contributed by atoms with Gasteiger partial charge < -0.3 is 4.74 Å². The van der Waals surface area contributed by atoms with Crippen molar-refractivity contribution in [3.63, 3.8) is 0 Å². The Kier molecular flexibility index (Phi) is 2.49. The molecule has 0 N–H and O–H groups in total. The standard InChI is InChI=1S/C13H18O/c1-13(9-3-4-10-13)11-5-7-12(14-2)8-6-11/h5-8H,3-4,9-10H2,1-2H3. The minimum Gasteiger partial charge on any atom is -0.497 e. The smallest absolute Gasteiger partial charge is 0.118 e. The number of hydrogen-bond donors (Lipinski definition) is 0. The van der Waals surface area contributed by atoms with Gasteiger partial charge in [-0.1, -0.05) is 31.9 Å². The van der Waals surface area contributed by atoms with Crippen LogP contribution in [0.1, 0.15) is 38.2 Å². The molecule has 1 aromatic rings. The molecule has 0 bridgehead atoms. The number of rotatable bonds is 2. The summed E-state index contributed by atoms with van der Waals surface area (Å²) in [6.45, 7) is 2.38. The highest BCUT2D eigenvalue weighted by molar-refractivity contribution is 5.32. The molecule has 0 spiro atoms. The summed E-state index contributed by atoms with van der Waals surface area (Å²) >= 11 is 0. The van der Waals surface area contributed by atoms with Crippen LogP contribution in [0.3, 0.4) is 0 Å². The van der Waals surface area contributed by atoms with Gasteiger partial charge >= 0.3 is 0 Å². The van der Waals surface area contributed by atoms with Crippen molar-refractivity contribution >= 4 is 0 Å². The minimum absolute atomic E-state index is 0.423. The monoisotopic (exact) mass is 190 g/mol. The van der Waals surface area contributed by atoms with Crippen molar-refractivity contribution in [2.45, 2.75) is 38.0 Å². The molecule has 1 fully saturated rings. The van der Waals surface area contributed by atoms with Crippen LogP contribution in [-0.2, 0) is 5.41 Å². The van der Waals surface area contributed by atoms with E-state index < -0.39 is 0 Å². The van der Waals surface area contributed by atoms with Crippen molar-refractivity contribution < 1.29 is 4.74 Å². The third kappa shape index (κ3) is 1.63. The summed E-state index contributed by atoms with van der Waals surface area (Å²) in [4.78, 5) is 0. The van der Waals surface area contributed by atoms with Gasteiger partial charge in [-0.3, -0.25) is 0 Å². The molecule has 0 unspecified atom stereocenters. The van der Waals surface area contributed by atoms with E-state index in [4.69, 9.17) is 4.74 Å². The Hall–Kier alpha value is -0.980. The van der Waals surface area contributed by atoms with Crippen molar-refractivity contribution in [2.24, 2.45) is 0 Å². The summed E-state index contributed by atoms with van der Waals surface area (Å²) in [5, 5.41) is 0. The third-order valence-corrected chi connectivity index (χ3v) is 3.49. The molecule has 0 radical (unpaired) electrons. The molecular formula is C13H18O. The van der Waals surface area contributed by atoms with Crippen molar-refractivity contribution in [2.75, 3.05) is 7.11 Å². The van der Waals surface area contributed by atoms with E-state index in [0.717, 1.165) is 5.75 Å². The van der Waals surface area contributed by atoms with E-state index >= 15 is 0 Å². The first-order valence-corrected chi connectivity index (χ1v) is 5.39. The molecular weight excluding hydrogens is 172 g/mol. The zero-order valence-electron chi connectivity index (χ0n) is 9.05. The van der Waals surface area contributed by atoms with Crippen LogP contribution in [0.2, 0.25) is 0 Å². The van der Waals surface area contributed by atoms with E-state index in [2.05, 4.69) is 31.2 Å². The Bertz CT molecular complexity index is 294. The van der Waals surface area contributed by atoms with Gasteiger partial charge in [0.15, 0.2) is 0 Å². The normalized spacial score (nSPS) is 19.6. The van der Waals surface area contributed by atoms with Crippen LogP contribution in [0.5, 0.6) is 5.75 Å². The Labute approximate surface area is 86.1 Å². The predicted molar refractivity (Wildman–Crippen MR) is 58.8 cm³/mol. The molecule has 1 aliphatic carbocycles. The summed E-state index contributed by atoms with van der Waals surface area (Å²) in [5.74, 6) is 0.954. The molecule has 2 rings (SSSR count). The Morgan fingerprint density at radius 1 is 1.07 bits per heavy atom. The van der Waals surface area contributed by atoms with Gasteiger partial charge in [0, 0.05) is 0 Å². The van der Waals surface area contributed by atoms with Gasteiger partial charge in [0.05, 0.1) is 7.11 Å². The Balaban J connectivity index is 2.23. The molecule has 0 aromatic heterocycles. The van der Waals surface area contributed by atoms with Crippen LogP contribution in [0.25, 0.3) is 0 Å². The molecule has 0 atom stereocenters. The zero-order chi connectivity index (χ0) is 10.0. The van der Waals surface area contributed by atoms with Crippen LogP contribution in [0.15, 0.2) is 24.3 Å². The third-order valence-electron chi connectivity index (χ3n) is 3.49. The summed E-state index contributed by atoms with van der Waals surface area (Å²) < 4.78 is 5.16. The fraction of sp³-hybridized carbons (Fsp3) is 0.538. The highest BCUT2D eigenvalue weighted by Gasteiger charge is 2.30. The summed E-state index contributed by atoms with van der Waals surface area (Å²) in [6.07, 6.45) is 5.42. The molecule has 0 aliphatic heterocycles. The number of ether oxygens (including phenoxy) is 1. The van der Waals surface area contributed by atoms with E-state index in [1.54, 1.807) is 7.11 Å². The lowest BCUT2D eigenvalue weighted by Gasteiger charge is -2.24. The zero-order valence-corrected chi connectivity index (χ0v) is 9.05. The lowest BCUT2D eigenvalue weighted by atomic mass is 9.81. The van der Waals surface area contributed by atoms with Gasteiger partial charge in [-0.2, -0.15) is 0 Å². The first-order valence-electron chi connectivity index (χ1n) is 5.39. The Morgan fingerprint density at radius 3 is 2.14 bits per heavy atom. The van der Waals surface area contributed by atoms with E-state index in [-0.39, 0.29) is 0 Å².